The first-order valence-corrected chi connectivity index (χ1v) is 11.7. The molecule has 1 N–H and O–H groups in total. The van der Waals surface area contributed by atoms with Gasteiger partial charge in [0, 0.05) is 6.07 Å². The number of thioether (sulfide) groups is 1. The van der Waals surface area contributed by atoms with Gasteiger partial charge in [0.15, 0.2) is 17.3 Å². The number of amides is 1. The first-order chi connectivity index (χ1) is 17.7. The van der Waals surface area contributed by atoms with E-state index in [1.54, 1.807) is 50.4 Å². The van der Waals surface area contributed by atoms with Gasteiger partial charge in [-0.05, 0) is 54.6 Å². The van der Waals surface area contributed by atoms with E-state index in [1.165, 1.54) is 6.08 Å². The minimum atomic E-state index is -4.71. The summed E-state index contributed by atoms with van der Waals surface area (Å²) in [6.07, 6.45) is -3.37. The van der Waals surface area contributed by atoms with Crippen LogP contribution in [0.4, 0.5) is 13.2 Å². The molecule has 13 heteroatoms. The van der Waals surface area contributed by atoms with E-state index in [1.807, 2.05) is 6.07 Å². The van der Waals surface area contributed by atoms with E-state index in [9.17, 15) is 18.0 Å². The van der Waals surface area contributed by atoms with E-state index in [0.717, 1.165) is 0 Å². The number of hydrogen-bond acceptors (Lipinski definition) is 8. The molecule has 0 bridgehead atoms. The second kappa shape index (κ2) is 10.9. The monoisotopic (exact) mass is 534 g/mol. The summed E-state index contributed by atoms with van der Waals surface area (Å²) in [5.74, 6) is 0.767. The first-order valence-electron chi connectivity index (χ1n) is 10.9. The molecular weight excluding hydrogens is 513 g/mol. The molecular formula is C24H21F3N4O5S. The van der Waals surface area contributed by atoms with Gasteiger partial charge in [-0.2, -0.15) is 28.3 Å². The summed E-state index contributed by atoms with van der Waals surface area (Å²) in [5, 5.41) is 10.8. The Bertz CT molecular complexity index is 1310. The summed E-state index contributed by atoms with van der Waals surface area (Å²) in [7, 11) is 1.57. The van der Waals surface area contributed by atoms with Crippen molar-refractivity contribution in [2.75, 3.05) is 26.9 Å². The molecule has 0 unspecified atom stereocenters. The SMILES string of the molecule is CCOc1cc(/C=C2/C(=N)N3N=C(C(F)(F)F)SC3=NC2=O)ccc1OCCOc1cccc(OC)c1. The lowest BCUT2D eigenvalue weighted by atomic mass is 10.1. The number of methoxy groups -OCH3 is 1. The molecule has 2 aliphatic rings. The Morgan fingerprint density at radius 2 is 1.81 bits per heavy atom. The van der Waals surface area contributed by atoms with Crippen LogP contribution >= 0.6 is 11.8 Å². The molecule has 0 fully saturated rings. The molecule has 0 radical (unpaired) electrons. The number of halogens is 3. The first kappa shape index (κ1) is 26.1. The predicted octanol–water partition coefficient (Wildman–Crippen LogP) is 4.73. The van der Waals surface area contributed by atoms with Gasteiger partial charge < -0.3 is 18.9 Å². The number of alkyl halides is 3. The van der Waals surface area contributed by atoms with Gasteiger partial charge in [-0.25, -0.2) is 0 Å². The lowest BCUT2D eigenvalue weighted by Crippen LogP contribution is -2.35. The molecule has 2 aliphatic heterocycles. The highest BCUT2D eigenvalue weighted by atomic mass is 32.2. The van der Waals surface area contributed by atoms with E-state index in [4.69, 9.17) is 24.4 Å². The van der Waals surface area contributed by atoms with Crippen LogP contribution in [0.3, 0.4) is 0 Å². The van der Waals surface area contributed by atoms with Crippen molar-refractivity contribution in [3.05, 3.63) is 53.6 Å². The smallest absolute Gasteiger partial charge is 0.441 e. The zero-order valence-electron chi connectivity index (χ0n) is 19.7. The Morgan fingerprint density at radius 3 is 2.54 bits per heavy atom. The molecule has 9 nitrogen and oxygen atoms in total. The third-order valence-electron chi connectivity index (χ3n) is 4.93. The van der Waals surface area contributed by atoms with Crippen LogP contribution in [0.2, 0.25) is 0 Å². The number of ether oxygens (including phenoxy) is 4. The summed E-state index contributed by atoms with van der Waals surface area (Å²) in [5.41, 5.74) is 0.251. The van der Waals surface area contributed by atoms with Crippen LogP contribution in [0.5, 0.6) is 23.0 Å². The Morgan fingerprint density at radius 1 is 1.05 bits per heavy atom. The van der Waals surface area contributed by atoms with Crippen molar-refractivity contribution in [1.29, 1.82) is 5.41 Å². The molecule has 37 heavy (non-hydrogen) atoms. The zero-order valence-corrected chi connectivity index (χ0v) is 20.5. The maximum Gasteiger partial charge on any atom is 0.441 e. The van der Waals surface area contributed by atoms with Gasteiger partial charge >= 0.3 is 6.18 Å². The third kappa shape index (κ3) is 6.05. The average Bonchev–Trinajstić information content (AvgIpc) is 3.30. The predicted molar refractivity (Wildman–Crippen MR) is 133 cm³/mol. The van der Waals surface area contributed by atoms with Crippen LogP contribution in [-0.2, 0) is 4.79 Å². The molecule has 4 rings (SSSR count). The van der Waals surface area contributed by atoms with Crippen molar-refractivity contribution >= 4 is 39.8 Å². The van der Waals surface area contributed by atoms with Gasteiger partial charge in [0.1, 0.15) is 24.7 Å². The fourth-order valence-corrected chi connectivity index (χ4v) is 4.04. The van der Waals surface area contributed by atoms with Crippen LogP contribution in [0.25, 0.3) is 6.08 Å². The number of amidine groups is 2. The van der Waals surface area contributed by atoms with E-state index in [0.29, 0.717) is 40.2 Å². The van der Waals surface area contributed by atoms with Crippen LogP contribution in [0.15, 0.2) is 58.1 Å². The number of nitrogens with zero attached hydrogens (tertiary/aromatic N) is 3. The second-order valence-corrected chi connectivity index (χ2v) is 8.39. The molecule has 0 aromatic heterocycles. The molecule has 0 spiro atoms. The van der Waals surface area contributed by atoms with E-state index >= 15 is 0 Å². The Balaban J connectivity index is 1.47. The summed E-state index contributed by atoms with van der Waals surface area (Å²) in [6, 6.07) is 12.0. The van der Waals surface area contributed by atoms with Crippen molar-refractivity contribution in [3.8, 4) is 23.0 Å². The fraction of sp³-hybridized carbons (Fsp3) is 0.250. The number of rotatable bonds is 9. The van der Waals surface area contributed by atoms with Crippen LogP contribution in [0.1, 0.15) is 12.5 Å². The quantitative estimate of drug-likeness (QED) is 0.366. The molecule has 0 saturated carbocycles. The molecule has 194 valence electrons. The van der Waals surface area contributed by atoms with Crippen LogP contribution in [0, 0.1) is 5.41 Å². The lowest BCUT2D eigenvalue weighted by Gasteiger charge is -2.20. The normalized spacial score (nSPS) is 16.4. The standard InChI is InChI=1S/C24H21F3N4O5S/c1-3-34-19-12-14(7-8-18(19)36-10-9-35-16-6-4-5-15(13-16)33-2)11-17-20(28)31-23(29-21(17)32)37-22(30-31)24(25,26)27/h4-8,11-13,28H,3,9-10H2,1-2H3/b17-11-,28-20?. The highest BCUT2D eigenvalue weighted by molar-refractivity contribution is 8.27. The Labute approximate surface area is 214 Å². The number of hydrogen-bond donors (Lipinski definition) is 1. The van der Waals surface area contributed by atoms with E-state index in [-0.39, 0.29) is 35.7 Å². The molecule has 2 aromatic carbocycles. The number of benzene rings is 2. The van der Waals surface area contributed by atoms with Gasteiger partial charge in [0.2, 0.25) is 10.2 Å². The van der Waals surface area contributed by atoms with Crippen molar-refractivity contribution < 1.29 is 36.9 Å². The van der Waals surface area contributed by atoms with Crippen molar-refractivity contribution in [2.45, 2.75) is 13.1 Å². The number of hydrazone groups is 1. The minimum Gasteiger partial charge on any atom is -0.497 e. The number of nitrogens with one attached hydrogen (secondary N) is 1. The molecule has 1 amide bonds. The maximum absolute atomic E-state index is 13.0. The third-order valence-corrected chi connectivity index (χ3v) is 5.88. The van der Waals surface area contributed by atoms with Gasteiger partial charge in [-0.3, -0.25) is 10.2 Å². The average molecular weight is 535 g/mol. The van der Waals surface area contributed by atoms with E-state index in [2.05, 4.69) is 10.1 Å². The van der Waals surface area contributed by atoms with E-state index < -0.39 is 23.0 Å². The Hall–Kier alpha value is -4.00. The lowest BCUT2D eigenvalue weighted by molar-refractivity contribution is -0.114. The van der Waals surface area contributed by atoms with Gasteiger partial charge in [-0.15, -0.1) is 0 Å². The molecule has 0 aliphatic carbocycles. The summed E-state index contributed by atoms with van der Waals surface area (Å²) in [4.78, 5) is 16.1. The summed E-state index contributed by atoms with van der Waals surface area (Å²) < 4.78 is 61.3. The summed E-state index contributed by atoms with van der Waals surface area (Å²) in [6.45, 7) is 2.59. The van der Waals surface area contributed by atoms with Crippen molar-refractivity contribution in [1.82, 2.24) is 5.01 Å². The van der Waals surface area contributed by atoms with Crippen molar-refractivity contribution in [2.24, 2.45) is 10.1 Å². The molecule has 0 atom stereocenters. The second-order valence-electron chi connectivity index (χ2n) is 7.44. The number of carbonyl (C=O) groups excluding carboxylic acids is 1. The topological polar surface area (TPSA) is 106 Å². The van der Waals surface area contributed by atoms with Crippen LogP contribution in [-0.4, -0.2) is 60.1 Å². The number of fused-ring (bicyclic) bond motifs is 1. The maximum atomic E-state index is 13.0. The summed E-state index contributed by atoms with van der Waals surface area (Å²) >= 11 is 0.197. The van der Waals surface area contributed by atoms with Crippen LogP contribution < -0.4 is 18.9 Å². The zero-order chi connectivity index (χ0) is 26.6. The fourth-order valence-electron chi connectivity index (χ4n) is 3.28. The molecule has 0 saturated heterocycles. The largest absolute Gasteiger partial charge is 0.497 e. The Kier molecular flexibility index (Phi) is 7.71. The minimum absolute atomic E-state index is 0.197. The van der Waals surface area contributed by atoms with Gasteiger partial charge in [0.05, 0.1) is 19.3 Å². The number of carbonyl (C=O) groups is 1. The molecule has 2 heterocycles. The molecule has 2 aromatic rings. The number of aliphatic imine (C=N–C) groups is 1. The van der Waals surface area contributed by atoms with Crippen molar-refractivity contribution in [3.63, 3.8) is 0 Å². The van der Waals surface area contributed by atoms with Gasteiger partial charge in [-0.1, -0.05) is 12.1 Å². The highest BCUT2D eigenvalue weighted by Crippen LogP contribution is 2.36. The van der Waals surface area contributed by atoms with Gasteiger partial charge in [0.25, 0.3) is 5.91 Å². The highest BCUT2D eigenvalue weighted by Gasteiger charge is 2.46.